The molecule has 1 aliphatic rings. The lowest BCUT2D eigenvalue weighted by atomic mass is 9.89. The van der Waals surface area contributed by atoms with Crippen molar-refractivity contribution in [3.8, 4) is 0 Å². The molecule has 1 unspecified atom stereocenters. The van der Waals surface area contributed by atoms with E-state index < -0.39 is 0 Å². The lowest BCUT2D eigenvalue weighted by Crippen LogP contribution is -2.47. The number of hydrogen-bond donors (Lipinski definition) is 2. The molecule has 0 aliphatic heterocycles. The number of urea groups is 1. The second-order valence-corrected chi connectivity index (χ2v) is 6.81. The van der Waals surface area contributed by atoms with Gasteiger partial charge in [0.15, 0.2) is 0 Å². The monoisotopic (exact) mass is 274 g/mol. The number of benzene rings is 1. The summed E-state index contributed by atoms with van der Waals surface area (Å²) in [5.41, 5.74) is 3.92. The summed E-state index contributed by atoms with van der Waals surface area (Å²) in [6.07, 6.45) is 4.95. The first-order chi connectivity index (χ1) is 9.35. The minimum atomic E-state index is -0.209. The highest BCUT2D eigenvalue weighted by Gasteiger charge is 2.17. The molecule has 0 bridgehead atoms. The number of nitrogens with one attached hydrogen (secondary N) is 2. The molecule has 1 aromatic rings. The third-order valence-corrected chi connectivity index (χ3v) is 3.71. The lowest BCUT2D eigenvalue weighted by molar-refractivity contribution is 0.229. The van der Waals surface area contributed by atoms with E-state index in [1.54, 1.807) is 0 Å². The maximum Gasteiger partial charge on any atom is 0.315 e. The van der Waals surface area contributed by atoms with Gasteiger partial charge < -0.3 is 10.6 Å². The van der Waals surface area contributed by atoms with E-state index in [2.05, 4.69) is 28.8 Å². The second-order valence-electron chi connectivity index (χ2n) is 6.81. The van der Waals surface area contributed by atoms with Gasteiger partial charge in [-0.2, -0.15) is 0 Å². The molecule has 1 atom stereocenters. The third-order valence-electron chi connectivity index (χ3n) is 3.71. The molecule has 0 fully saturated rings. The smallest absolute Gasteiger partial charge is 0.315 e. The van der Waals surface area contributed by atoms with E-state index in [0.717, 1.165) is 0 Å². The van der Waals surface area contributed by atoms with Gasteiger partial charge in [-0.3, -0.25) is 0 Å². The standard InChI is InChI=1S/C17H26N2O/c1-12(18-16(20)19-17(2,3)4)14-10-9-13-7-5-6-8-15(13)11-14/h9-12H,5-8H2,1-4H3,(H2,18,19,20). The van der Waals surface area contributed by atoms with Crippen molar-refractivity contribution in [1.29, 1.82) is 0 Å². The van der Waals surface area contributed by atoms with Crippen molar-refractivity contribution < 1.29 is 4.79 Å². The molecule has 3 nitrogen and oxygen atoms in total. The number of fused-ring (bicyclic) bond motifs is 1. The van der Waals surface area contributed by atoms with Gasteiger partial charge in [0.05, 0.1) is 6.04 Å². The van der Waals surface area contributed by atoms with Gasteiger partial charge >= 0.3 is 6.03 Å². The van der Waals surface area contributed by atoms with Crippen LogP contribution < -0.4 is 10.6 Å². The van der Waals surface area contributed by atoms with Crippen LogP contribution in [0.2, 0.25) is 0 Å². The highest BCUT2D eigenvalue weighted by Crippen LogP contribution is 2.24. The number of amides is 2. The zero-order valence-corrected chi connectivity index (χ0v) is 13.0. The molecule has 0 radical (unpaired) electrons. The summed E-state index contributed by atoms with van der Waals surface area (Å²) in [5.74, 6) is 0. The first-order valence-corrected chi connectivity index (χ1v) is 7.55. The minimum absolute atomic E-state index is 0.0320. The lowest BCUT2D eigenvalue weighted by Gasteiger charge is -2.24. The largest absolute Gasteiger partial charge is 0.334 e. The Morgan fingerprint density at radius 1 is 1.15 bits per heavy atom. The third kappa shape index (κ3) is 3.99. The Labute approximate surface area is 122 Å². The van der Waals surface area contributed by atoms with Gasteiger partial charge in [-0.15, -0.1) is 0 Å². The molecule has 0 heterocycles. The van der Waals surface area contributed by atoms with Gasteiger partial charge in [0.1, 0.15) is 0 Å². The van der Waals surface area contributed by atoms with Gasteiger partial charge in [-0.05, 0) is 70.1 Å². The van der Waals surface area contributed by atoms with Gasteiger partial charge in [0.2, 0.25) is 0 Å². The first kappa shape index (κ1) is 14.9. The van der Waals surface area contributed by atoms with Crippen molar-refractivity contribution in [2.24, 2.45) is 0 Å². The van der Waals surface area contributed by atoms with Crippen LogP contribution in [0.5, 0.6) is 0 Å². The predicted octanol–water partition coefficient (Wildman–Crippen LogP) is 3.72. The average Bonchev–Trinajstić information content (AvgIpc) is 2.35. The van der Waals surface area contributed by atoms with Crippen LogP contribution in [0.15, 0.2) is 18.2 Å². The SMILES string of the molecule is CC(NC(=O)NC(C)(C)C)c1ccc2c(c1)CCCC2. The Morgan fingerprint density at radius 3 is 2.45 bits per heavy atom. The van der Waals surface area contributed by atoms with Crippen molar-refractivity contribution in [1.82, 2.24) is 10.6 Å². The molecule has 20 heavy (non-hydrogen) atoms. The highest BCUT2D eigenvalue weighted by atomic mass is 16.2. The normalized spacial score (nSPS) is 16.2. The summed E-state index contributed by atoms with van der Waals surface area (Å²) in [7, 11) is 0. The van der Waals surface area contributed by atoms with Crippen LogP contribution in [-0.4, -0.2) is 11.6 Å². The van der Waals surface area contributed by atoms with E-state index in [4.69, 9.17) is 0 Å². The number of carbonyl (C=O) groups excluding carboxylic acids is 1. The van der Waals surface area contributed by atoms with Crippen molar-refractivity contribution in [3.05, 3.63) is 34.9 Å². The molecular formula is C17H26N2O. The van der Waals surface area contributed by atoms with E-state index in [9.17, 15) is 4.79 Å². The Morgan fingerprint density at radius 2 is 1.80 bits per heavy atom. The first-order valence-electron chi connectivity index (χ1n) is 7.55. The topological polar surface area (TPSA) is 41.1 Å². The average molecular weight is 274 g/mol. The Kier molecular flexibility index (Phi) is 4.36. The van der Waals surface area contributed by atoms with Crippen LogP contribution in [0.1, 0.15) is 63.3 Å². The van der Waals surface area contributed by atoms with Crippen LogP contribution in [-0.2, 0) is 12.8 Å². The van der Waals surface area contributed by atoms with Crippen molar-refractivity contribution in [2.75, 3.05) is 0 Å². The zero-order valence-electron chi connectivity index (χ0n) is 13.0. The maximum atomic E-state index is 11.9. The Balaban J connectivity index is 2.02. The van der Waals surface area contributed by atoms with Crippen molar-refractivity contribution in [3.63, 3.8) is 0 Å². The minimum Gasteiger partial charge on any atom is -0.334 e. The maximum absolute atomic E-state index is 11.9. The van der Waals surface area contributed by atoms with Crippen LogP contribution in [0.4, 0.5) is 4.79 Å². The quantitative estimate of drug-likeness (QED) is 0.848. The van der Waals surface area contributed by atoms with Crippen molar-refractivity contribution in [2.45, 2.75) is 65.0 Å². The van der Waals surface area contributed by atoms with E-state index >= 15 is 0 Å². The van der Waals surface area contributed by atoms with Gasteiger partial charge in [-0.1, -0.05) is 18.2 Å². The van der Waals surface area contributed by atoms with E-state index in [1.165, 1.54) is 42.4 Å². The molecule has 1 aromatic carbocycles. The fourth-order valence-corrected chi connectivity index (χ4v) is 2.68. The molecule has 2 amide bonds. The molecule has 0 saturated carbocycles. The van der Waals surface area contributed by atoms with Crippen molar-refractivity contribution >= 4 is 6.03 Å². The molecule has 110 valence electrons. The number of rotatable bonds is 2. The molecule has 2 rings (SSSR count). The van der Waals surface area contributed by atoms with Gasteiger partial charge in [-0.25, -0.2) is 4.79 Å². The summed E-state index contributed by atoms with van der Waals surface area (Å²) in [4.78, 5) is 11.9. The van der Waals surface area contributed by atoms with E-state index in [-0.39, 0.29) is 17.6 Å². The fourth-order valence-electron chi connectivity index (χ4n) is 2.68. The van der Waals surface area contributed by atoms with Gasteiger partial charge in [0, 0.05) is 5.54 Å². The molecule has 2 N–H and O–H groups in total. The summed E-state index contributed by atoms with van der Waals surface area (Å²) in [6.45, 7) is 7.98. The summed E-state index contributed by atoms with van der Waals surface area (Å²) in [5, 5.41) is 5.94. The van der Waals surface area contributed by atoms with E-state index in [1.807, 2.05) is 27.7 Å². The summed E-state index contributed by atoms with van der Waals surface area (Å²) < 4.78 is 0. The molecule has 3 heteroatoms. The highest BCUT2D eigenvalue weighted by molar-refractivity contribution is 5.75. The molecule has 0 spiro atoms. The molecule has 0 saturated heterocycles. The van der Waals surface area contributed by atoms with Crippen LogP contribution in [0, 0.1) is 0 Å². The summed E-state index contributed by atoms with van der Waals surface area (Å²) in [6, 6.07) is 6.55. The van der Waals surface area contributed by atoms with Crippen LogP contribution in [0.3, 0.4) is 0 Å². The number of carbonyl (C=O) groups is 1. The van der Waals surface area contributed by atoms with Crippen LogP contribution >= 0.6 is 0 Å². The van der Waals surface area contributed by atoms with E-state index in [0.29, 0.717) is 0 Å². The second kappa shape index (κ2) is 5.86. The molecule has 1 aliphatic carbocycles. The zero-order chi connectivity index (χ0) is 14.8. The Hall–Kier alpha value is -1.51. The number of hydrogen-bond acceptors (Lipinski definition) is 1. The number of aryl methyl sites for hydroxylation is 2. The van der Waals surface area contributed by atoms with Gasteiger partial charge in [0.25, 0.3) is 0 Å². The predicted molar refractivity (Wildman–Crippen MR) is 82.9 cm³/mol. The molecular weight excluding hydrogens is 248 g/mol. The molecule has 0 aromatic heterocycles. The Bertz CT molecular complexity index is 488. The summed E-state index contributed by atoms with van der Waals surface area (Å²) >= 11 is 0. The van der Waals surface area contributed by atoms with Crippen LogP contribution in [0.25, 0.3) is 0 Å². The fraction of sp³-hybridized carbons (Fsp3) is 0.588.